The molecule has 7 nitrogen and oxygen atoms in total. The number of hydrogen-bond acceptors (Lipinski definition) is 5. The first-order valence-corrected chi connectivity index (χ1v) is 11.1. The second-order valence-electron chi connectivity index (χ2n) is 8.09. The Hall–Kier alpha value is -3.71. The van der Waals surface area contributed by atoms with E-state index in [0.29, 0.717) is 33.5 Å². The quantitative estimate of drug-likeness (QED) is 0.519. The van der Waals surface area contributed by atoms with E-state index in [4.69, 9.17) is 21.1 Å². The Morgan fingerprint density at radius 3 is 2.18 bits per heavy atom. The normalized spacial score (nSPS) is 16.0. The van der Waals surface area contributed by atoms with Crippen LogP contribution >= 0.6 is 11.6 Å². The molecule has 34 heavy (non-hydrogen) atoms. The molecule has 0 N–H and O–H groups in total. The Morgan fingerprint density at radius 1 is 0.912 bits per heavy atom. The summed E-state index contributed by atoms with van der Waals surface area (Å²) >= 11 is 6.07. The molecule has 0 spiro atoms. The minimum atomic E-state index is -0.866. The summed E-state index contributed by atoms with van der Waals surface area (Å²) in [5.74, 6) is 0.554. The van der Waals surface area contributed by atoms with E-state index in [-0.39, 0.29) is 18.4 Å². The first-order valence-electron chi connectivity index (χ1n) is 10.7. The van der Waals surface area contributed by atoms with Crippen molar-refractivity contribution in [3.63, 3.8) is 0 Å². The number of carbonyl (C=O) groups is 2. The van der Waals surface area contributed by atoms with Gasteiger partial charge in [-0.2, -0.15) is 0 Å². The van der Waals surface area contributed by atoms with Gasteiger partial charge in [0.2, 0.25) is 5.91 Å². The van der Waals surface area contributed by atoms with E-state index in [2.05, 4.69) is 0 Å². The third kappa shape index (κ3) is 4.39. The number of ether oxygens (including phenoxy) is 2. The van der Waals surface area contributed by atoms with Crippen LogP contribution in [0.1, 0.15) is 11.6 Å². The van der Waals surface area contributed by atoms with Crippen LogP contribution in [0, 0.1) is 0 Å². The lowest BCUT2D eigenvalue weighted by molar-refractivity contribution is -0.128. The number of piperazine rings is 1. The van der Waals surface area contributed by atoms with Crippen molar-refractivity contribution in [2.75, 3.05) is 49.6 Å². The van der Waals surface area contributed by atoms with Gasteiger partial charge in [0.1, 0.15) is 24.1 Å². The van der Waals surface area contributed by atoms with Crippen LogP contribution in [0.2, 0.25) is 5.02 Å². The van der Waals surface area contributed by atoms with Crippen LogP contribution in [0.25, 0.3) is 0 Å². The van der Waals surface area contributed by atoms with Crippen molar-refractivity contribution in [2.45, 2.75) is 6.04 Å². The van der Waals surface area contributed by atoms with Crippen LogP contribution in [0.15, 0.2) is 66.7 Å². The molecule has 1 atom stereocenters. The largest absolute Gasteiger partial charge is 0.497 e. The molecular formula is C26H26ClN3O4. The second-order valence-corrected chi connectivity index (χ2v) is 8.53. The fourth-order valence-corrected chi connectivity index (χ4v) is 4.17. The SMILES string of the molecule is COc1ccc(OC)c(N2CC(=O)N(c3ccc(Cl)cc3)[C@H](c3ccc(N(C)C)cc3)C2=O)c1. The lowest BCUT2D eigenvalue weighted by Crippen LogP contribution is -2.56. The van der Waals surface area contributed by atoms with E-state index in [9.17, 15) is 9.59 Å². The third-order valence-electron chi connectivity index (χ3n) is 5.83. The summed E-state index contributed by atoms with van der Waals surface area (Å²) < 4.78 is 10.8. The van der Waals surface area contributed by atoms with Crippen molar-refractivity contribution in [1.29, 1.82) is 0 Å². The molecule has 1 aliphatic rings. The third-order valence-corrected chi connectivity index (χ3v) is 6.08. The molecule has 4 rings (SSSR count). The molecule has 3 aromatic rings. The van der Waals surface area contributed by atoms with Crippen LogP contribution in [0.5, 0.6) is 11.5 Å². The van der Waals surface area contributed by atoms with Crippen molar-refractivity contribution in [3.05, 3.63) is 77.3 Å². The van der Waals surface area contributed by atoms with E-state index in [0.717, 1.165) is 5.69 Å². The Bertz CT molecular complexity index is 1200. The van der Waals surface area contributed by atoms with Gasteiger partial charge in [-0.05, 0) is 54.1 Å². The van der Waals surface area contributed by atoms with Crippen molar-refractivity contribution in [2.24, 2.45) is 0 Å². The highest BCUT2D eigenvalue weighted by Gasteiger charge is 2.42. The fraction of sp³-hybridized carbons (Fsp3) is 0.231. The van der Waals surface area contributed by atoms with Gasteiger partial charge in [-0.15, -0.1) is 0 Å². The molecular weight excluding hydrogens is 454 g/mol. The lowest BCUT2D eigenvalue weighted by atomic mass is 9.98. The summed E-state index contributed by atoms with van der Waals surface area (Å²) in [7, 11) is 6.97. The van der Waals surface area contributed by atoms with Crippen LogP contribution in [-0.2, 0) is 9.59 Å². The second kappa shape index (κ2) is 9.65. The number of anilines is 3. The summed E-state index contributed by atoms with van der Waals surface area (Å²) in [6.45, 7) is -0.142. The van der Waals surface area contributed by atoms with Gasteiger partial charge in [0.05, 0.1) is 19.9 Å². The van der Waals surface area contributed by atoms with E-state index >= 15 is 0 Å². The zero-order valence-electron chi connectivity index (χ0n) is 19.5. The molecule has 2 amide bonds. The van der Waals surface area contributed by atoms with Gasteiger partial charge in [0.15, 0.2) is 0 Å². The Morgan fingerprint density at radius 2 is 1.59 bits per heavy atom. The van der Waals surface area contributed by atoms with E-state index in [1.807, 2.05) is 43.3 Å². The topological polar surface area (TPSA) is 62.3 Å². The summed E-state index contributed by atoms with van der Waals surface area (Å²) in [6.07, 6.45) is 0. The van der Waals surface area contributed by atoms with Gasteiger partial charge in [0.25, 0.3) is 5.91 Å². The highest BCUT2D eigenvalue weighted by molar-refractivity contribution is 6.30. The minimum absolute atomic E-state index is 0.142. The minimum Gasteiger partial charge on any atom is -0.497 e. The lowest BCUT2D eigenvalue weighted by Gasteiger charge is -2.40. The number of benzene rings is 3. The summed E-state index contributed by atoms with van der Waals surface area (Å²) in [4.78, 5) is 32.5. The highest BCUT2D eigenvalue weighted by atomic mass is 35.5. The average Bonchev–Trinajstić information content (AvgIpc) is 2.85. The predicted octanol–water partition coefficient (Wildman–Crippen LogP) is 4.54. The van der Waals surface area contributed by atoms with Crippen molar-refractivity contribution in [1.82, 2.24) is 0 Å². The molecule has 1 fully saturated rings. The number of nitrogens with zero attached hydrogens (tertiary/aromatic N) is 3. The predicted molar refractivity (Wildman–Crippen MR) is 134 cm³/mol. The Balaban J connectivity index is 1.83. The Labute approximate surface area is 204 Å². The smallest absolute Gasteiger partial charge is 0.255 e. The molecule has 1 aliphatic heterocycles. The molecule has 3 aromatic carbocycles. The zero-order chi connectivity index (χ0) is 24.4. The summed E-state index contributed by atoms with van der Waals surface area (Å²) in [6, 6.07) is 18.8. The summed E-state index contributed by atoms with van der Waals surface area (Å²) in [5, 5.41) is 0.550. The monoisotopic (exact) mass is 479 g/mol. The van der Waals surface area contributed by atoms with Crippen LogP contribution < -0.4 is 24.2 Å². The van der Waals surface area contributed by atoms with Gasteiger partial charge in [0, 0.05) is 36.6 Å². The first-order chi connectivity index (χ1) is 16.3. The molecule has 0 saturated carbocycles. The number of carbonyl (C=O) groups excluding carboxylic acids is 2. The molecule has 1 saturated heterocycles. The van der Waals surface area contributed by atoms with Gasteiger partial charge >= 0.3 is 0 Å². The maximum Gasteiger partial charge on any atom is 0.255 e. The summed E-state index contributed by atoms with van der Waals surface area (Å²) in [5.41, 5.74) is 2.76. The van der Waals surface area contributed by atoms with Gasteiger partial charge in [-0.1, -0.05) is 23.7 Å². The molecule has 1 heterocycles. The maximum atomic E-state index is 14.0. The number of methoxy groups -OCH3 is 2. The van der Waals surface area contributed by atoms with Gasteiger partial charge in [-0.25, -0.2) is 0 Å². The molecule has 176 valence electrons. The molecule has 0 aliphatic carbocycles. The number of hydrogen-bond donors (Lipinski definition) is 0. The van der Waals surface area contributed by atoms with Crippen molar-refractivity contribution >= 4 is 40.5 Å². The maximum absolute atomic E-state index is 14.0. The number of amides is 2. The standard InChI is InChI=1S/C26H26ClN3O4/c1-28(2)19-9-5-17(6-10-19)25-26(32)29(22-15-21(33-3)13-14-23(22)34-4)16-24(31)30(25)20-11-7-18(27)8-12-20/h5-15,25H,16H2,1-4H3/t25-/m1/s1. The molecule has 0 radical (unpaired) electrons. The van der Waals surface area contributed by atoms with E-state index < -0.39 is 6.04 Å². The zero-order valence-corrected chi connectivity index (χ0v) is 20.2. The average molecular weight is 480 g/mol. The molecule has 0 unspecified atom stereocenters. The fourth-order valence-electron chi connectivity index (χ4n) is 4.04. The Kier molecular flexibility index (Phi) is 6.65. The van der Waals surface area contributed by atoms with Crippen LogP contribution in [0.3, 0.4) is 0 Å². The van der Waals surface area contributed by atoms with Crippen molar-refractivity contribution < 1.29 is 19.1 Å². The molecule has 8 heteroatoms. The highest BCUT2D eigenvalue weighted by Crippen LogP contribution is 2.39. The van der Waals surface area contributed by atoms with Crippen LogP contribution in [0.4, 0.5) is 17.1 Å². The molecule has 0 aromatic heterocycles. The first kappa shape index (κ1) is 23.4. The number of rotatable bonds is 6. The van der Waals surface area contributed by atoms with Gasteiger partial charge < -0.3 is 14.4 Å². The van der Waals surface area contributed by atoms with E-state index in [1.54, 1.807) is 49.6 Å². The number of halogens is 1. The van der Waals surface area contributed by atoms with Gasteiger partial charge in [-0.3, -0.25) is 19.4 Å². The van der Waals surface area contributed by atoms with E-state index in [1.165, 1.54) is 16.9 Å². The molecule has 0 bridgehead atoms. The van der Waals surface area contributed by atoms with Crippen molar-refractivity contribution in [3.8, 4) is 11.5 Å². The van der Waals surface area contributed by atoms with Crippen LogP contribution in [-0.4, -0.2) is 46.7 Å².